The zero-order chi connectivity index (χ0) is 14.5. The lowest BCUT2D eigenvalue weighted by atomic mass is 9.89. The molecule has 0 saturated carbocycles. The lowest BCUT2D eigenvalue weighted by molar-refractivity contribution is 0.101. The Morgan fingerprint density at radius 1 is 1.38 bits per heavy atom. The van der Waals surface area contributed by atoms with E-state index in [-0.39, 0.29) is 0 Å². The van der Waals surface area contributed by atoms with Crippen LogP contribution in [0.25, 0.3) is 0 Å². The van der Waals surface area contributed by atoms with Crippen LogP contribution in [0.3, 0.4) is 0 Å². The van der Waals surface area contributed by atoms with Crippen LogP contribution in [0, 0.1) is 0 Å². The fourth-order valence-corrected chi connectivity index (χ4v) is 5.00. The van der Waals surface area contributed by atoms with Crippen molar-refractivity contribution in [3.8, 4) is 0 Å². The Labute approximate surface area is 133 Å². The van der Waals surface area contributed by atoms with Crippen LogP contribution in [-0.2, 0) is 4.74 Å². The summed E-state index contributed by atoms with van der Waals surface area (Å²) in [6.07, 6.45) is 6.86. The van der Waals surface area contributed by atoms with Crippen molar-refractivity contribution in [2.45, 2.75) is 62.0 Å². The van der Waals surface area contributed by atoms with Crippen molar-refractivity contribution in [1.82, 2.24) is 5.32 Å². The number of thioether (sulfide) groups is 1. The molecule has 0 aliphatic carbocycles. The van der Waals surface area contributed by atoms with Crippen LogP contribution in [0.5, 0.6) is 0 Å². The molecule has 0 aromatic heterocycles. The minimum absolute atomic E-state index is 0.539. The summed E-state index contributed by atoms with van der Waals surface area (Å²) >= 11 is 2.02. The summed E-state index contributed by atoms with van der Waals surface area (Å²) in [4.78, 5) is 1.49. The zero-order valence-electron chi connectivity index (χ0n) is 13.0. The summed E-state index contributed by atoms with van der Waals surface area (Å²) in [5.41, 5.74) is 1.56. The SMILES string of the molecule is CCNC(CCCC1CCCO1)C1CSc2ccccc21. The minimum atomic E-state index is 0.539. The van der Waals surface area contributed by atoms with Crippen LogP contribution >= 0.6 is 11.8 Å². The van der Waals surface area contributed by atoms with Gasteiger partial charge in [0, 0.05) is 29.2 Å². The van der Waals surface area contributed by atoms with Crippen molar-refractivity contribution >= 4 is 11.8 Å². The number of hydrogen-bond donors (Lipinski definition) is 1. The van der Waals surface area contributed by atoms with Crippen molar-refractivity contribution in [3.05, 3.63) is 29.8 Å². The quantitative estimate of drug-likeness (QED) is 0.815. The molecule has 2 nitrogen and oxygen atoms in total. The molecule has 116 valence electrons. The summed E-state index contributed by atoms with van der Waals surface area (Å²) in [7, 11) is 0. The molecule has 2 aliphatic rings. The third kappa shape index (κ3) is 3.82. The van der Waals surface area contributed by atoms with E-state index in [0.717, 1.165) is 13.2 Å². The van der Waals surface area contributed by atoms with Gasteiger partial charge in [0.1, 0.15) is 0 Å². The molecule has 1 aromatic carbocycles. The average Bonchev–Trinajstić information content (AvgIpc) is 3.16. The van der Waals surface area contributed by atoms with E-state index in [9.17, 15) is 0 Å². The number of fused-ring (bicyclic) bond motifs is 1. The predicted molar refractivity (Wildman–Crippen MR) is 90.2 cm³/mol. The molecule has 1 fully saturated rings. The molecule has 1 N–H and O–H groups in total. The summed E-state index contributed by atoms with van der Waals surface area (Å²) in [5.74, 6) is 1.91. The van der Waals surface area contributed by atoms with Crippen molar-refractivity contribution in [2.75, 3.05) is 18.9 Å². The second kappa shape index (κ2) is 7.66. The van der Waals surface area contributed by atoms with Crippen molar-refractivity contribution in [3.63, 3.8) is 0 Å². The number of likely N-dealkylation sites (N-methyl/N-ethyl adjacent to an activating group) is 1. The maximum atomic E-state index is 5.75. The monoisotopic (exact) mass is 305 g/mol. The van der Waals surface area contributed by atoms with Crippen LogP contribution in [0.2, 0.25) is 0 Å². The van der Waals surface area contributed by atoms with Gasteiger partial charge in [-0.1, -0.05) is 25.1 Å². The van der Waals surface area contributed by atoms with Gasteiger partial charge < -0.3 is 10.1 Å². The standard InChI is InChI=1S/C18H27NOS/c1-2-19-17(10-5-7-14-8-6-12-20-14)16-13-21-18-11-4-3-9-15(16)18/h3-4,9,11,14,16-17,19H,2,5-8,10,12-13H2,1H3. The summed E-state index contributed by atoms with van der Waals surface area (Å²) in [6.45, 7) is 4.27. The van der Waals surface area contributed by atoms with Crippen LogP contribution in [0.1, 0.15) is 50.5 Å². The topological polar surface area (TPSA) is 21.3 Å². The van der Waals surface area contributed by atoms with Crippen molar-refractivity contribution in [1.29, 1.82) is 0 Å². The fourth-order valence-electron chi connectivity index (χ4n) is 3.67. The molecule has 0 spiro atoms. The van der Waals surface area contributed by atoms with E-state index in [1.54, 1.807) is 5.56 Å². The molecule has 3 heteroatoms. The van der Waals surface area contributed by atoms with E-state index in [1.165, 1.54) is 42.8 Å². The Morgan fingerprint density at radius 3 is 3.10 bits per heavy atom. The summed E-state index contributed by atoms with van der Waals surface area (Å²) < 4.78 is 5.75. The third-order valence-corrected chi connectivity index (χ3v) is 5.96. The molecule has 21 heavy (non-hydrogen) atoms. The predicted octanol–water partition coefficient (Wildman–Crippen LogP) is 4.20. The van der Waals surface area contributed by atoms with E-state index in [2.05, 4.69) is 36.5 Å². The Kier molecular flexibility index (Phi) is 5.61. The molecule has 0 bridgehead atoms. The first-order chi connectivity index (χ1) is 10.4. The van der Waals surface area contributed by atoms with Crippen LogP contribution < -0.4 is 5.32 Å². The van der Waals surface area contributed by atoms with Gasteiger partial charge in [0.05, 0.1) is 6.10 Å². The van der Waals surface area contributed by atoms with Crippen LogP contribution in [-0.4, -0.2) is 31.1 Å². The number of benzene rings is 1. The maximum Gasteiger partial charge on any atom is 0.0576 e. The molecule has 0 radical (unpaired) electrons. The maximum absolute atomic E-state index is 5.75. The van der Waals surface area contributed by atoms with E-state index < -0.39 is 0 Å². The highest BCUT2D eigenvalue weighted by Crippen LogP contribution is 2.42. The van der Waals surface area contributed by atoms with E-state index in [1.807, 2.05) is 11.8 Å². The normalized spacial score (nSPS) is 26.0. The highest BCUT2D eigenvalue weighted by molar-refractivity contribution is 7.99. The number of hydrogen-bond acceptors (Lipinski definition) is 3. The molecule has 2 aliphatic heterocycles. The fraction of sp³-hybridized carbons (Fsp3) is 0.667. The minimum Gasteiger partial charge on any atom is -0.378 e. The van der Waals surface area contributed by atoms with E-state index in [0.29, 0.717) is 18.1 Å². The lowest BCUT2D eigenvalue weighted by Crippen LogP contribution is -2.35. The second-order valence-electron chi connectivity index (χ2n) is 6.19. The first-order valence-corrected chi connectivity index (χ1v) is 9.43. The highest BCUT2D eigenvalue weighted by Gasteiger charge is 2.29. The number of rotatable bonds is 7. The molecular weight excluding hydrogens is 278 g/mol. The lowest BCUT2D eigenvalue weighted by Gasteiger charge is -2.25. The molecule has 0 amide bonds. The van der Waals surface area contributed by atoms with Gasteiger partial charge in [-0.2, -0.15) is 0 Å². The molecule has 3 unspecified atom stereocenters. The molecule has 2 heterocycles. The second-order valence-corrected chi connectivity index (χ2v) is 7.25. The van der Waals surface area contributed by atoms with Gasteiger partial charge in [-0.15, -0.1) is 11.8 Å². The van der Waals surface area contributed by atoms with Crippen molar-refractivity contribution < 1.29 is 4.74 Å². The molecular formula is C18H27NOS. The van der Waals surface area contributed by atoms with E-state index in [4.69, 9.17) is 4.74 Å². The highest BCUT2D eigenvalue weighted by atomic mass is 32.2. The zero-order valence-corrected chi connectivity index (χ0v) is 13.8. The number of ether oxygens (including phenoxy) is 1. The molecule has 3 atom stereocenters. The van der Waals surface area contributed by atoms with Gasteiger partial charge in [0.15, 0.2) is 0 Å². The van der Waals surface area contributed by atoms with Gasteiger partial charge in [0.2, 0.25) is 0 Å². The Balaban J connectivity index is 1.56. The summed E-state index contributed by atoms with van der Waals surface area (Å²) in [5, 5.41) is 3.74. The van der Waals surface area contributed by atoms with Gasteiger partial charge in [0.25, 0.3) is 0 Å². The Hall–Kier alpha value is -0.510. The first-order valence-electron chi connectivity index (χ1n) is 8.45. The van der Waals surface area contributed by atoms with E-state index >= 15 is 0 Å². The van der Waals surface area contributed by atoms with Crippen LogP contribution in [0.15, 0.2) is 29.2 Å². The smallest absolute Gasteiger partial charge is 0.0576 e. The van der Waals surface area contributed by atoms with Gasteiger partial charge in [-0.05, 0) is 50.3 Å². The third-order valence-electron chi connectivity index (χ3n) is 4.75. The summed E-state index contributed by atoms with van der Waals surface area (Å²) in [6, 6.07) is 9.56. The Morgan fingerprint density at radius 2 is 2.29 bits per heavy atom. The van der Waals surface area contributed by atoms with Gasteiger partial charge in [-0.25, -0.2) is 0 Å². The van der Waals surface area contributed by atoms with Crippen LogP contribution in [0.4, 0.5) is 0 Å². The average molecular weight is 305 g/mol. The van der Waals surface area contributed by atoms with Gasteiger partial charge in [-0.3, -0.25) is 0 Å². The Bertz CT molecular complexity index is 445. The largest absolute Gasteiger partial charge is 0.378 e. The first kappa shape index (κ1) is 15.4. The molecule has 3 rings (SSSR count). The molecule has 1 aromatic rings. The van der Waals surface area contributed by atoms with Crippen molar-refractivity contribution in [2.24, 2.45) is 0 Å². The molecule has 1 saturated heterocycles. The number of nitrogens with one attached hydrogen (secondary N) is 1. The van der Waals surface area contributed by atoms with Gasteiger partial charge >= 0.3 is 0 Å².